The molecule has 0 heterocycles. The molecule has 0 saturated carbocycles. The van der Waals surface area contributed by atoms with Crippen LogP contribution in [0.25, 0.3) is 0 Å². The smallest absolute Gasteiger partial charge is 0.176 e. The lowest BCUT2D eigenvalue weighted by Crippen LogP contribution is -2.08. The van der Waals surface area contributed by atoms with Gasteiger partial charge >= 0.3 is 0 Å². The predicted molar refractivity (Wildman–Crippen MR) is 37.7 cm³/mol. The lowest BCUT2D eigenvalue weighted by Gasteiger charge is -2.06. The predicted octanol–water partition coefficient (Wildman–Crippen LogP) is 1.40. The molecule has 0 bridgehead atoms. The van der Waals surface area contributed by atoms with Crippen molar-refractivity contribution in [2.24, 2.45) is 0 Å². The molecule has 0 amide bonds. The highest BCUT2D eigenvalue weighted by atomic mass is 35.5. The highest BCUT2D eigenvalue weighted by Gasteiger charge is 1.94. The zero-order chi connectivity index (χ0) is 7.11. The van der Waals surface area contributed by atoms with Gasteiger partial charge in [-0.25, -0.2) is 0 Å². The molecular weight excluding hydrogens is 140 g/mol. The first kappa shape index (κ1) is 8.95. The van der Waals surface area contributed by atoms with Crippen molar-refractivity contribution in [1.29, 1.82) is 0 Å². The summed E-state index contributed by atoms with van der Waals surface area (Å²) in [6.45, 7) is 0. The normalized spacial score (nSPS) is 11.6. The van der Waals surface area contributed by atoms with E-state index in [4.69, 9.17) is 21.1 Å². The molecule has 54 valence electrons. The number of hydrogen-bond donors (Lipinski definition) is 0. The molecule has 3 heteroatoms. The molecule has 2 nitrogen and oxygen atoms in total. The van der Waals surface area contributed by atoms with E-state index >= 15 is 0 Å². The van der Waals surface area contributed by atoms with E-state index in [1.165, 1.54) is 0 Å². The summed E-state index contributed by atoms with van der Waals surface area (Å²) in [5, 5.41) is 0. The summed E-state index contributed by atoms with van der Waals surface area (Å²) in [4.78, 5) is 0. The number of ether oxygens (including phenoxy) is 2. The Balaban J connectivity index is 3.41. The SMILES string of the molecule is COC(/C=C/CCl)OC. The Morgan fingerprint density at radius 3 is 2.33 bits per heavy atom. The molecule has 0 aromatic rings. The monoisotopic (exact) mass is 150 g/mol. The average Bonchev–Trinajstić information content (AvgIpc) is 1.91. The molecule has 0 spiro atoms. The summed E-state index contributed by atoms with van der Waals surface area (Å²) in [7, 11) is 3.15. The van der Waals surface area contributed by atoms with Crippen LogP contribution >= 0.6 is 11.6 Å². The minimum absolute atomic E-state index is 0.260. The first-order valence-electron chi connectivity index (χ1n) is 2.63. The Hall–Kier alpha value is -0.0500. The molecule has 0 atom stereocenters. The molecule has 0 aromatic heterocycles. The van der Waals surface area contributed by atoms with Crippen molar-refractivity contribution in [3.05, 3.63) is 12.2 Å². The Labute approximate surface area is 60.4 Å². The molecule has 0 aliphatic carbocycles. The second kappa shape index (κ2) is 6.08. The Bertz CT molecular complexity index is 79.1. The summed E-state index contributed by atoms with van der Waals surface area (Å²) in [5.74, 6) is 0.489. The first-order valence-corrected chi connectivity index (χ1v) is 3.16. The number of hydrogen-bond acceptors (Lipinski definition) is 2. The van der Waals surface area contributed by atoms with Gasteiger partial charge in [-0.15, -0.1) is 11.6 Å². The van der Waals surface area contributed by atoms with Crippen molar-refractivity contribution in [1.82, 2.24) is 0 Å². The van der Waals surface area contributed by atoms with E-state index in [1.807, 2.05) is 0 Å². The van der Waals surface area contributed by atoms with Crippen molar-refractivity contribution in [2.45, 2.75) is 6.29 Å². The summed E-state index contributed by atoms with van der Waals surface area (Å²) in [5.41, 5.74) is 0. The van der Waals surface area contributed by atoms with Crippen molar-refractivity contribution in [2.75, 3.05) is 20.1 Å². The van der Waals surface area contributed by atoms with Gasteiger partial charge in [0.1, 0.15) is 0 Å². The van der Waals surface area contributed by atoms with Gasteiger partial charge in [-0.3, -0.25) is 0 Å². The number of methoxy groups -OCH3 is 2. The Kier molecular flexibility index (Phi) is 6.04. The number of halogens is 1. The Morgan fingerprint density at radius 1 is 1.44 bits per heavy atom. The zero-order valence-electron chi connectivity index (χ0n) is 5.63. The van der Waals surface area contributed by atoms with Gasteiger partial charge in [0.25, 0.3) is 0 Å². The highest BCUT2D eigenvalue weighted by molar-refractivity contribution is 6.18. The van der Waals surface area contributed by atoms with Crippen LogP contribution in [0.1, 0.15) is 0 Å². The van der Waals surface area contributed by atoms with Gasteiger partial charge in [0.15, 0.2) is 6.29 Å². The van der Waals surface area contributed by atoms with Crippen molar-refractivity contribution in [3.8, 4) is 0 Å². The first-order chi connectivity index (χ1) is 4.35. The summed E-state index contributed by atoms with van der Waals surface area (Å²) in [6.07, 6.45) is 3.27. The molecule has 0 radical (unpaired) electrons. The number of alkyl halides is 1. The third-order valence-corrected chi connectivity index (χ3v) is 1.03. The van der Waals surface area contributed by atoms with Crippen LogP contribution < -0.4 is 0 Å². The van der Waals surface area contributed by atoms with Crippen LogP contribution in [0, 0.1) is 0 Å². The largest absolute Gasteiger partial charge is 0.352 e. The maximum atomic E-state index is 5.36. The van der Waals surface area contributed by atoms with Gasteiger partial charge in [0, 0.05) is 20.1 Å². The fourth-order valence-corrected chi connectivity index (χ4v) is 0.519. The lowest BCUT2D eigenvalue weighted by atomic mass is 10.5. The Morgan fingerprint density at radius 2 is 2.00 bits per heavy atom. The van der Waals surface area contributed by atoms with Crippen LogP contribution in [0.15, 0.2) is 12.2 Å². The maximum Gasteiger partial charge on any atom is 0.176 e. The van der Waals surface area contributed by atoms with E-state index in [-0.39, 0.29) is 6.29 Å². The zero-order valence-corrected chi connectivity index (χ0v) is 6.39. The summed E-state index contributed by atoms with van der Waals surface area (Å²) < 4.78 is 9.67. The van der Waals surface area contributed by atoms with Gasteiger partial charge in [-0.1, -0.05) is 6.08 Å². The second-order valence-electron chi connectivity index (χ2n) is 1.42. The molecule has 0 fully saturated rings. The van der Waals surface area contributed by atoms with Crippen LogP contribution in [-0.2, 0) is 9.47 Å². The second-order valence-corrected chi connectivity index (χ2v) is 1.73. The number of rotatable bonds is 4. The molecule has 0 saturated heterocycles. The standard InChI is InChI=1S/C6H11ClO2/c1-8-6(9-2)4-3-5-7/h3-4,6H,5H2,1-2H3/b4-3+. The molecule has 0 aromatic carbocycles. The molecule has 0 aliphatic heterocycles. The van der Waals surface area contributed by atoms with Crippen molar-refractivity contribution >= 4 is 11.6 Å². The highest BCUT2D eigenvalue weighted by Crippen LogP contribution is 1.92. The minimum atomic E-state index is -0.260. The van der Waals surface area contributed by atoms with Crippen molar-refractivity contribution in [3.63, 3.8) is 0 Å². The molecule has 0 aliphatic rings. The fourth-order valence-electron chi connectivity index (χ4n) is 0.416. The van der Waals surface area contributed by atoms with Crippen LogP contribution in [-0.4, -0.2) is 26.4 Å². The van der Waals surface area contributed by atoms with E-state index in [0.717, 1.165) is 0 Å². The topological polar surface area (TPSA) is 18.5 Å². The van der Waals surface area contributed by atoms with E-state index in [2.05, 4.69) is 0 Å². The summed E-state index contributed by atoms with van der Waals surface area (Å²) >= 11 is 5.36. The number of allylic oxidation sites excluding steroid dienone is 1. The molecule has 0 unspecified atom stereocenters. The third-order valence-electron chi connectivity index (χ3n) is 0.847. The van der Waals surface area contributed by atoms with E-state index in [9.17, 15) is 0 Å². The maximum absolute atomic E-state index is 5.36. The van der Waals surface area contributed by atoms with Crippen LogP contribution in [0.4, 0.5) is 0 Å². The quantitative estimate of drug-likeness (QED) is 0.343. The molecule has 9 heavy (non-hydrogen) atoms. The van der Waals surface area contributed by atoms with Crippen LogP contribution in [0.2, 0.25) is 0 Å². The van der Waals surface area contributed by atoms with Crippen LogP contribution in [0.5, 0.6) is 0 Å². The molecule has 0 rings (SSSR count). The van der Waals surface area contributed by atoms with E-state index in [0.29, 0.717) is 5.88 Å². The summed E-state index contributed by atoms with van der Waals surface area (Å²) in [6, 6.07) is 0. The van der Waals surface area contributed by atoms with Gasteiger partial charge in [0.05, 0.1) is 0 Å². The van der Waals surface area contributed by atoms with Gasteiger partial charge in [0.2, 0.25) is 0 Å². The average molecular weight is 151 g/mol. The van der Waals surface area contributed by atoms with Crippen molar-refractivity contribution < 1.29 is 9.47 Å². The third kappa shape index (κ3) is 4.45. The van der Waals surface area contributed by atoms with Gasteiger partial charge < -0.3 is 9.47 Å². The van der Waals surface area contributed by atoms with E-state index in [1.54, 1.807) is 26.4 Å². The van der Waals surface area contributed by atoms with E-state index < -0.39 is 0 Å². The minimum Gasteiger partial charge on any atom is -0.352 e. The molecular formula is C6H11ClO2. The van der Waals surface area contributed by atoms with Crippen LogP contribution in [0.3, 0.4) is 0 Å². The van der Waals surface area contributed by atoms with Gasteiger partial charge in [-0.05, 0) is 6.08 Å². The fraction of sp³-hybridized carbons (Fsp3) is 0.667. The van der Waals surface area contributed by atoms with Gasteiger partial charge in [-0.2, -0.15) is 0 Å². The lowest BCUT2D eigenvalue weighted by molar-refractivity contribution is -0.0666. The molecule has 0 N–H and O–H groups in total.